The summed E-state index contributed by atoms with van der Waals surface area (Å²) in [5.74, 6) is -0.282. The molecule has 0 bridgehead atoms. The van der Waals surface area contributed by atoms with Crippen molar-refractivity contribution in [3.8, 4) is 0 Å². The van der Waals surface area contributed by atoms with Crippen LogP contribution in [0.4, 0.5) is 0 Å². The van der Waals surface area contributed by atoms with Crippen molar-refractivity contribution in [3.63, 3.8) is 0 Å². The Hall–Kier alpha value is -1.26. The molecule has 0 radical (unpaired) electrons. The largest absolute Gasteiger partial charge is 0.463 e. The van der Waals surface area contributed by atoms with Gasteiger partial charge < -0.3 is 33.2 Å². The first-order chi connectivity index (χ1) is 20.2. The number of rotatable bonds is 34. The molecule has 0 aliphatic carbocycles. The molecule has 0 unspecified atom stereocenters. The molecule has 9 nitrogen and oxygen atoms in total. The number of carbonyl (C=O) groups is 2. The summed E-state index contributed by atoms with van der Waals surface area (Å²) in [5, 5.41) is 0. The van der Waals surface area contributed by atoms with E-state index in [0.29, 0.717) is 78.9 Å². The van der Waals surface area contributed by atoms with Crippen LogP contribution >= 0.6 is 0 Å². The quantitative estimate of drug-likeness (QED) is 0.0619. The van der Waals surface area contributed by atoms with Crippen LogP contribution in [0.1, 0.15) is 117 Å². The van der Waals surface area contributed by atoms with Crippen molar-refractivity contribution >= 4 is 11.9 Å². The molecule has 0 amide bonds. The van der Waals surface area contributed by atoms with Gasteiger partial charge in [0.25, 0.3) is 0 Å². The van der Waals surface area contributed by atoms with Crippen molar-refractivity contribution in [2.75, 3.05) is 79.3 Å². The fourth-order valence-corrected chi connectivity index (χ4v) is 4.01. The highest BCUT2D eigenvalue weighted by molar-refractivity contribution is 5.69. The maximum absolute atomic E-state index is 11.7. The number of carbonyl (C=O) groups excluding carboxylic acids is 2. The van der Waals surface area contributed by atoms with Crippen LogP contribution in [0.3, 0.4) is 0 Å². The van der Waals surface area contributed by atoms with Crippen LogP contribution in [0.2, 0.25) is 0 Å². The molecule has 0 aliphatic rings. The average Bonchev–Trinajstić information content (AvgIpc) is 2.97. The van der Waals surface area contributed by atoms with E-state index in [0.717, 1.165) is 25.7 Å². The van der Waals surface area contributed by atoms with Gasteiger partial charge in [0.15, 0.2) is 0 Å². The lowest BCUT2D eigenvalue weighted by molar-refractivity contribution is -0.146. The summed E-state index contributed by atoms with van der Waals surface area (Å²) >= 11 is 0. The Bertz CT molecular complexity index is 545. The van der Waals surface area contributed by atoms with E-state index in [1.54, 1.807) is 0 Å². The molecule has 0 aliphatic heterocycles. The maximum Gasteiger partial charge on any atom is 0.305 e. The number of hydrogen-bond acceptors (Lipinski definition) is 9. The lowest BCUT2D eigenvalue weighted by Gasteiger charge is -2.08. The highest BCUT2D eigenvalue weighted by Gasteiger charge is 2.04. The van der Waals surface area contributed by atoms with E-state index in [9.17, 15) is 9.59 Å². The van der Waals surface area contributed by atoms with Gasteiger partial charge in [-0.15, -0.1) is 0 Å². The molecule has 0 aromatic carbocycles. The van der Waals surface area contributed by atoms with Gasteiger partial charge in [0, 0.05) is 12.8 Å². The first kappa shape index (κ1) is 39.7. The van der Waals surface area contributed by atoms with E-state index >= 15 is 0 Å². The Morgan fingerprint density at radius 3 is 0.878 bits per heavy atom. The summed E-state index contributed by atoms with van der Waals surface area (Å²) in [6.07, 6.45) is 17.7. The zero-order chi connectivity index (χ0) is 29.9. The van der Waals surface area contributed by atoms with Crippen LogP contribution < -0.4 is 0 Å². The van der Waals surface area contributed by atoms with Gasteiger partial charge in [0.05, 0.1) is 66.1 Å². The van der Waals surface area contributed by atoms with E-state index in [1.165, 1.54) is 64.2 Å². The van der Waals surface area contributed by atoms with Gasteiger partial charge in [-0.25, -0.2) is 0 Å². The van der Waals surface area contributed by atoms with Gasteiger partial charge in [-0.2, -0.15) is 0 Å². The third-order valence-corrected chi connectivity index (χ3v) is 6.44. The van der Waals surface area contributed by atoms with Crippen molar-refractivity contribution in [2.45, 2.75) is 117 Å². The minimum atomic E-state index is -0.146. The Balaban J connectivity index is 3.17. The molecule has 0 N–H and O–H groups in total. The Morgan fingerprint density at radius 1 is 0.341 bits per heavy atom. The van der Waals surface area contributed by atoms with E-state index in [1.807, 2.05) is 0 Å². The van der Waals surface area contributed by atoms with Gasteiger partial charge >= 0.3 is 11.9 Å². The molecule has 0 rings (SSSR count). The van der Waals surface area contributed by atoms with Crippen molar-refractivity contribution < 1.29 is 42.7 Å². The Morgan fingerprint density at radius 2 is 0.585 bits per heavy atom. The number of esters is 2. The fraction of sp³-hybridized carbons (Fsp3) is 0.938. The molecular weight excluding hydrogens is 528 g/mol. The predicted octanol–water partition coefficient (Wildman–Crippen LogP) is 6.44. The van der Waals surface area contributed by atoms with Gasteiger partial charge in [-0.05, 0) is 12.8 Å². The summed E-state index contributed by atoms with van der Waals surface area (Å²) in [6, 6.07) is 0. The van der Waals surface area contributed by atoms with Crippen LogP contribution in [0, 0.1) is 0 Å². The van der Waals surface area contributed by atoms with E-state index in [2.05, 4.69) is 13.8 Å². The SMILES string of the molecule is CCCCCCCCCCCC(=O)OCCOCCOCCOCCOCCOCCOC(=O)CCCCCCC. The van der Waals surface area contributed by atoms with Crippen LogP contribution in [0.5, 0.6) is 0 Å². The molecule has 244 valence electrons. The third kappa shape index (κ3) is 34.8. The van der Waals surface area contributed by atoms with Gasteiger partial charge in [0.2, 0.25) is 0 Å². The topological polar surface area (TPSA) is 98.8 Å². The van der Waals surface area contributed by atoms with Crippen LogP contribution in [-0.4, -0.2) is 91.2 Å². The second-order valence-corrected chi connectivity index (χ2v) is 10.2. The first-order valence-electron chi connectivity index (χ1n) is 16.4. The first-order valence-corrected chi connectivity index (χ1v) is 16.4. The van der Waals surface area contributed by atoms with Crippen molar-refractivity contribution in [1.29, 1.82) is 0 Å². The summed E-state index contributed by atoms with van der Waals surface area (Å²) in [5.41, 5.74) is 0. The second-order valence-electron chi connectivity index (χ2n) is 10.2. The molecule has 0 heterocycles. The summed E-state index contributed by atoms with van der Waals surface area (Å²) in [4.78, 5) is 23.3. The highest BCUT2D eigenvalue weighted by Crippen LogP contribution is 2.11. The minimum Gasteiger partial charge on any atom is -0.463 e. The van der Waals surface area contributed by atoms with Crippen molar-refractivity contribution in [3.05, 3.63) is 0 Å². The lowest BCUT2D eigenvalue weighted by atomic mass is 10.1. The molecule has 0 aromatic rings. The summed E-state index contributed by atoms with van der Waals surface area (Å²) in [6.45, 7) is 9.54. The normalized spacial score (nSPS) is 11.2. The standard InChI is InChI=1S/C32H62O9/c1-3-5-7-9-10-11-12-14-16-18-32(34)41-30-28-39-26-24-37-22-20-35-19-21-36-23-25-38-27-29-40-31(33)17-15-13-8-6-4-2/h3-30H2,1-2H3. The van der Waals surface area contributed by atoms with E-state index in [4.69, 9.17) is 33.2 Å². The monoisotopic (exact) mass is 590 g/mol. The molecular formula is C32H62O9. The van der Waals surface area contributed by atoms with Crippen molar-refractivity contribution in [2.24, 2.45) is 0 Å². The van der Waals surface area contributed by atoms with Gasteiger partial charge in [-0.3, -0.25) is 9.59 Å². The van der Waals surface area contributed by atoms with Crippen LogP contribution in [0.15, 0.2) is 0 Å². The predicted molar refractivity (Wildman–Crippen MR) is 161 cm³/mol. The lowest BCUT2D eigenvalue weighted by Crippen LogP contribution is -2.15. The van der Waals surface area contributed by atoms with Gasteiger partial charge in [-0.1, -0.05) is 90.9 Å². The average molecular weight is 591 g/mol. The number of ether oxygens (including phenoxy) is 7. The van der Waals surface area contributed by atoms with E-state index < -0.39 is 0 Å². The minimum absolute atomic E-state index is 0.136. The molecule has 0 saturated heterocycles. The third-order valence-electron chi connectivity index (χ3n) is 6.44. The second kappa shape index (κ2) is 34.9. The van der Waals surface area contributed by atoms with E-state index in [-0.39, 0.29) is 25.2 Å². The zero-order valence-corrected chi connectivity index (χ0v) is 26.5. The number of unbranched alkanes of at least 4 members (excludes halogenated alkanes) is 12. The molecule has 0 spiro atoms. The Kier molecular flexibility index (Phi) is 33.9. The molecule has 0 fully saturated rings. The smallest absolute Gasteiger partial charge is 0.305 e. The number of hydrogen-bond donors (Lipinski definition) is 0. The molecule has 0 saturated carbocycles. The molecule has 9 heteroatoms. The van der Waals surface area contributed by atoms with Crippen molar-refractivity contribution in [1.82, 2.24) is 0 Å². The van der Waals surface area contributed by atoms with Gasteiger partial charge in [0.1, 0.15) is 13.2 Å². The Labute approximate surface area is 250 Å². The molecule has 41 heavy (non-hydrogen) atoms. The fourth-order valence-electron chi connectivity index (χ4n) is 4.01. The summed E-state index contributed by atoms with van der Waals surface area (Å²) < 4.78 is 37.5. The molecule has 0 atom stereocenters. The maximum atomic E-state index is 11.7. The molecule has 0 aromatic heterocycles. The zero-order valence-electron chi connectivity index (χ0n) is 26.5. The highest BCUT2D eigenvalue weighted by atomic mass is 16.6. The summed E-state index contributed by atoms with van der Waals surface area (Å²) in [7, 11) is 0. The van der Waals surface area contributed by atoms with Crippen LogP contribution in [-0.2, 0) is 42.7 Å². The van der Waals surface area contributed by atoms with Crippen LogP contribution in [0.25, 0.3) is 0 Å².